The zero-order chi connectivity index (χ0) is 6.43. The summed E-state index contributed by atoms with van der Waals surface area (Å²) in [4.78, 5) is 2.29. The van der Waals surface area contributed by atoms with Gasteiger partial charge in [0.2, 0.25) is 0 Å². The van der Waals surface area contributed by atoms with Crippen LogP contribution in [-0.2, 0) is 0 Å². The van der Waals surface area contributed by atoms with E-state index in [4.69, 9.17) is 0 Å². The number of piperidine rings is 1. The van der Waals surface area contributed by atoms with Crippen LogP contribution in [0, 0.1) is 17.8 Å². The van der Waals surface area contributed by atoms with Crippen molar-refractivity contribution in [1.82, 2.24) is 4.90 Å². The van der Waals surface area contributed by atoms with Crippen molar-refractivity contribution in [3.05, 3.63) is 0 Å². The number of fused-ring (bicyclic) bond motifs is 1. The third kappa shape index (κ3) is 0.692. The van der Waals surface area contributed by atoms with E-state index in [0.717, 1.165) is 24.9 Å². The number of hydrogen-bond donors (Lipinski definition) is 0. The molecule has 0 aromatic heterocycles. The minimum absolute atomic E-state index is 0.0802. The second-order valence-electron chi connectivity index (χ2n) is 3.37. The molecule has 0 amide bonds. The molecule has 0 radical (unpaired) electrons. The lowest BCUT2D eigenvalue weighted by molar-refractivity contribution is 0.315. The number of alkyl halides is 1. The maximum absolute atomic E-state index is 12.0. The SMILES string of the molecule is CN1C[C@@H]2C(CF)[C@@H]2C1. The largest absolute Gasteiger partial charge is 0.306 e. The number of likely N-dealkylation sites (tertiary alicyclic amines) is 1. The van der Waals surface area contributed by atoms with Gasteiger partial charge in [0.15, 0.2) is 0 Å². The van der Waals surface area contributed by atoms with Gasteiger partial charge in [0.25, 0.3) is 0 Å². The van der Waals surface area contributed by atoms with Crippen LogP contribution in [0.3, 0.4) is 0 Å². The summed E-state index contributed by atoms with van der Waals surface area (Å²) in [5.41, 5.74) is 0. The molecule has 0 aromatic carbocycles. The van der Waals surface area contributed by atoms with Gasteiger partial charge in [0.05, 0.1) is 6.67 Å². The van der Waals surface area contributed by atoms with Gasteiger partial charge in [-0.25, -0.2) is 0 Å². The van der Waals surface area contributed by atoms with Crippen LogP contribution in [-0.4, -0.2) is 31.7 Å². The zero-order valence-electron chi connectivity index (χ0n) is 5.68. The minimum Gasteiger partial charge on any atom is -0.306 e. The molecule has 0 spiro atoms. The molecule has 2 rings (SSSR count). The van der Waals surface area contributed by atoms with Gasteiger partial charge in [-0.05, 0) is 24.8 Å². The Morgan fingerprint density at radius 3 is 2.44 bits per heavy atom. The van der Waals surface area contributed by atoms with Gasteiger partial charge in [0, 0.05) is 13.1 Å². The molecular formula is C7H12FN. The topological polar surface area (TPSA) is 3.24 Å². The van der Waals surface area contributed by atoms with Gasteiger partial charge >= 0.3 is 0 Å². The highest BCUT2D eigenvalue weighted by molar-refractivity contribution is 5.03. The van der Waals surface area contributed by atoms with E-state index in [1.54, 1.807) is 0 Å². The molecule has 52 valence electrons. The van der Waals surface area contributed by atoms with E-state index in [2.05, 4.69) is 11.9 Å². The first-order valence-corrected chi connectivity index (χ1v) is 3.57. The summed E-state index contributed by atoms with van der Waals surface area (Å²) in [5, 5.41) is 0. The first kappa shape index (κ1) is 5.66. The van der Waals surface area contributed by atoms with Crippen LogP contribution in [0.15, 0.2) is 0 Å². The zero-order valence-corrected chi connectivity index (χ0v) is 5.68. The summed E-state index contributed by atoms with van der Waals surface area (Å²) in [6, 6.07) is 0. The Morgan fingerprint density at radius 1 is 1.44 bits per heavy atom. The highest BCUT2D eigenvalue weighted by Gasteiger charge is 2.54. The molecule has 1 saturated carbocycles. The van der Waals surface area contributed by atoms with Crippen molar-refractivity contribution in [2.45, 2.75) is 0 Å². The van der Waals surface area contributed by atoms with Crippen LogP contribution in [0.5, 0.6) is 0 Å². The van der Waals surface area contributed by atoms with Gasteiger partial charge in [0.1, 0.15) is 0 Å². The number of nitrogens with zero attached hydrogens (tertiary/aromatic N) is 1. The summed E-state index contributed by atoms with van der Waals surface area (Å²) in [7, 11) is 2.11. The molecule has 1 unspecified atom stereocenters. The Bertz CT molecular complexity index is 114. The molecule has 2 heteroatoms. The van der Waals surface area contributed by atoms with Gasteiger partial charge < -0.3 is 4.90 Å². The monoisotopic (exact) mass is 129 g/mol. The molecular weight excluding hydrogens is 117 g/mol. The molecule has 1 heterocycles. The first-order chi connectivity index (χ1) is 4.33. The lowest BCUT2D eigenvalue weighted by atomic mass is 10.3. The van der Waals surface area contributed by atoms with Crippen molar-refractivity contribution < 1.29 is 4.39 Å². The normalized spacial score (nSPS) is 49.3. The Labute approximate surface area is 54.8 Å². The van der Waals surface area contributed by atoms with Crippen molar-refractivity contribution in [3.63, 3.8) is 0 Å². The second-order valence-corrected chi connectivity index (χ2v) is 3.37. The number of halogens is 1. The Morgan fingerprint density at radius 2 is 2.00 bits per heavy atom. The Kier molecular flexibility index (Phi) is 1.06. The minimum atomic E-state index is -0.0802. The van der Waals surface area contributed by atoms with Crippen molar-refractivity contribution >= 4 is 0 Å². The van der Waals surface area contributed by atoms with Gasteiger partial charge in [-0.2, -0.15) is 0 Å². The summed E-state index contributed by atoms with van der Waals surface area (Å²) in [6.45, 7) is 2.20. The molecule has 3 atom stereocenters. The second kappa shape index (κ2) is 1.69. The smallest absolute Gasteiger partial charge is 0.0929 e. The third-order valence-corrected chi connectivity index (χ3v) is 2.73. The van der Waals surface area contributed by atoms with Crippen LogP contribution in [0.25, 0.3) is 0 Å². The van der Waals surface area contributed by atoms with Crippen molar-refractivity contribution in [2.75, 3.05) is 26.8 Å². The van der Waals surface area contributed by atoms with Crippen LogP contribution in [0.1, 0.15) is 0 Å². The predicted octanol–water partition coefficient (Wildman–Crippen LogP) is 0.763. The average molecular weight is 129 g/mol. The molecule has 1 aliphatic heterocycles. The molecule has 0 N–H and O–H groups in total. The van der Waals surface area contributed by atoms with Gasteiger partial charge in [-0.1, -0.05) is 0 Å². The van der Waals surface area contributed by atoms with Crippen LogP contribution < -0.4 is 0 Å². The first-order valence-electron chi connectivity index (χ1n) is 3.57. The molecule has 9 heavy (non-hydrogen) atoms. The van der Waals surface area contributed by atoms with Crippen LogP contribution >= 0.6 is 0 Å². The van der Waals surface area contributed by atoms with E-state index in [0.29, 0.717) is 5.92 Å². The van der Waals surface area contributed by atoms with Crippen LogP contribution in [0.2, 0.25) is 0 Å². The highest BCUT2D eigenvalue weighted by Crippen LogP contribution is 2.51. The fraction of sp³-hybridized carbons (Fsp3) is 1.00. The van der Waals surface area contributed by atoms with E-state index in [1.807, 2.05) is 0 Å². The fourth-order valence-corrected chi connectivity index (χ4v) is 2.09. The van der Waals surface area contributed by atoms with E-state index in [1.165, 1.54) is 0 Å². The summed E-state index contributed by atoms with van der Waals surface area (Å²) in [6.07, 6.45) is 0. The highest BCUT2D eigenvalue weighted by atomic mass is 19.1. The fourth-order valence-electron chi connectivity index (χ4n) is 2.09. The predicted molar refractivity (Wildman–Crippen MR) is 33.9 cm³/mol. The van der Waals surface area contributed by atoms with E-state index < -0.39 is 0 Å². The lowest BCUT2D eigenvalue weighted by Crippen LogP contribution is -2.19. The van der Waals surface area contributed by atoms with Gasteiger partial charge in [-0.15, -0.1) is 0 Å². The van der Waals surface area contributed by atoms with Gasteiger partial charge in [-0.3, -0.25) is 4.39 Å². The van der Waals surface area contributed by atoms with Crippen molar-refractivity contribution in [3.8, 4) is 0 Å². The van der Waals surface area contributed by atoms with Crippen LogP contribution in [0.4, 0.5) is 4.39 Å². The summed E-state index contributed by atoms with van der Waals surface area (Å²) in [5.74, 6) is 1.89. The molecule has 2 fully saturated rings. The number of rotatable bonds is 1. The Balaban J connectivity index is 1.91. The standard InChI is InChI=1S/C7H12FN/c1-9-3-6-5(2-8)7(6)4-9/h5-7H,2-4H2,1H3/t5?,6-,7+. The number of hydrogen-bond acceptors (Lipinski definition) is 1. The van der Waals surface area contributed by atoms with Crippen molar-refractivity contribution in [2.24, 2.45) is 17.8 Å². The van der Waals surface area contributed by atoms with E-state index in [-0.39, 0.29) is 6.67 Å². The molecule has 1 saturated heterocycles. The summed E-state index contributed by atoms with van der Waals surface area (Å²) < 4.78 is 12.0. The average Bonchev–Trinajstić information content (AvgIpc) is 2.30. The van der Waals surface area contributed by atoms with E-state index in [9.17, 15) is 4.39 Å². The maximum atomic E-state index is 12.0. The molecule has 1 aliphatic carbocycles. The summed E-state index contributed by atoms with van der Waals surface area (Å²) >= 11 is 0. The van der Waals surface area contributed by atoms with Crippen molar-refractivity contribution in [1.29, 1.82) is 0 Å². The molecule has 0 bridgehead atoms. The van der Waals surface area contributed by atoms with E-state index >= 15 is 0 Å². The quantitative estimate of drug-likeness (QED) is 0.505. The Hall–Kier alpha value is -0.110. The maximum Gasteiger partial charge on any atom is 0.0929 e. The lowest BCUT2D eigenvalue weighted by Gasteiger charge is -2.10. The molecule has 2 aliphatic rings. The molecule has 1 nitrogen and oxygen atoms in total. The third-order valence-electron chi connectivity index (χ3n) is 2.73. The molecule has 0 aromatic rings.